The highest BCUT2D eigenvalue weighted by Gasteiger charge is 2.21. The molecule has 0 amide bonds. The van der Waals surface area contributed by atoms with Crippen LogP contribution in [0.2, 0.25) is 0 Å². The lowest BCUT2D eigenvalue weighted by Gasteiger charge is -2.09. The number of hydrogen-bond acceptors (Lipinski definition) is 3. The lowest BCUT2D eigenvalue weighted by Crippen LogP contribution is -2.38. The topological polar surface area (TPSA) is 62.7 Å². The van der Waals surface area contributed by atoms with E-state index in [-0.39, 0.29) is 5.97 Å². The number of carbonyl (C=O) groups is 1. The van der Waals surface area contributed by atoms with E-state index in [1.54, 1.807) is 0 Å². The van der Waals surface area contributed by atoms with E-state index in [9.17, 15) is 4.79 Å². The first kappa shape index (κ1) is 11.8. The molecule has 1 aliphatic rings. The monoisotopic (exact) mass is 213 g/mol. The maximum absolute atomic E-state index is 10.9. The fourth-order valence-corrected chi connectivity index (χ4v) is 1.10. The van der Waals surface area contributed by atoms with Crippen LogP contribution in [0.25, 0.3) is 0 Å². The lowest BCUT2D eigenvalue weighted by atomic mass is 10.4. The fraction of sp³-hybridized carbons (Fsp3) is 0.800. The molecule has 0 aliphatic heterocycles. The molecule has 1 aliphatic carbocycles. The second-order valence-corrected chi connectivity index (χ2v) is 3.51. The third-order valence-electron chi connectivity index (χ3n) is 2.08. The van der Waals surface area contributed by atoms with Crippen molar-refractivity contribution in [1.82, 2.24) is 10.6 Å². The second-order valence-electron chi connectivity index (χ2n) is 3.51. The van der Waals surface area contributed by atoms with Gasteiger partial charge < -0.3 is 15.4 Å². The van der Waals surface area contributed by atoms with Crippen molar-refractivity contribution in [2.45, 2.75) is 32.2 Å². The Labute approximate surface area is 90.3 Å². The summed E-state index contributed by atoms with van der Waals surface area (Å²) < 4.78 is 4.54. The molecule has 0 aromatic heterocycles. The van der Waals surface area contributed by atoms with E-state index in [1.807, 2.05) is 6.92 Å². The van der Waals surface area contributed by atoms with Crippen LogP contribution in [0.1, 0.15) is 26.2 Å². The Balaban J connectivity index is 2.25. The summed E-state index contributed by atoms with van der Waals surface area (Å²) in [6, 6.07) is 0.570. The van der Waals surface area contributed by atoms with Gasteiger partial charge in [-0.3, -0.25) is 9.79 Å². The molecule has 0 spiro atoms. The molecule has 0 saturated heterocycles. The molecule has 1 rings (SSSR count). The van der Waals surface area contributed by atoms with Gasteiger partial charge in [0.15, 0.2) is 5.96 Å². The van der Waals surface area contributed by atoms with Crippen molar-refractivity contribution >= 4 is 11.9 Å². The Hall–Kier alpha value is -1.26. The van der Waals surface area contributed by atoms with Gasteiger partial charge in [-0.1, -0.05) is 0 Å². The summed E-state index contributed by atoms with van der Waals surface area (Å²) in [7, 11) is 1.39. The molecular weight excluding hydrogens is 194 g/mol. The molecule has 1 saturated carbocycles. The van der Waals surface area contributed by atoms with Gasteiger partial charge in [0, 0.05) is 12.6 Å². The first-order valence-corrected chi connectivity index (χ1v) is 5.38. The van der Waals surface area contributed by atoms with Gasteiger partial charge in [-0.2, -0.15) is 0 Å². The molecule has 86 valence electrons. The van der Waals surface area contributed by atoms with Gasteiger partial charge in [0.1, 0.15) is 0 Å². The predicted molar refractivity (Wildman–Crippen MR) is 58.8 cm³/mol. The van der Waals surface area contributed by atoms with Crippen LogP contribution in [0.4, 0.5) is 0 Å². The van der Waals surface area contributed by atoms with Gasteiger partial charge in [0.05, 0.1) is 20.1 Å². The molecule has 15 heavy (non-hydrogen) atoms. The molecule has 0 bridgehead atoms. The van der Waals surface area contributed by atoms with Crippen LogP contribution in [-0.2, 0) is 9.53 Å². The Morgan fingerprint density at radius 3 is 2.80 bits per heavy atom. The van der Waals surface area contributed by atoms with E-state index in [2.05, 4.69) is 20.4 Å². The number of ether oxygens (including phenoxy) is 1. The fourth-order valence-electron chi connectivity index (χ4n) is 1.10. The summed E-state index contributed by atoms with van der Waals surface area (Å²) >= 11 is 0. The molecule has 2 N–H and O–H groups in total. The second kappa shape index (κ2) is 6.27. The van der Waals surface area contributed by atoms with Gasteiger partial charge >= 0.3 is 5.97 Å². The van der Waals surface area contributed by atoms with Crippen LogP contribution in [-0.4, -0.2) is 38.2 Å². The van der Waals surface area contributed by atoms with Crippen molar-refractivity contribution in [3.05, 3.63) is 0 Å². The first-order chi connectivity index (χ1) is 7.26. The largest absolute Gasteiger partial charge is 0.469 e. The summed E-state index contributed by atoms with van der Waals surface area (Å²) in [5, 5.41) is 6.40. The molecule has 0 radical (unpaired) electrons. The number of methoxy groups -OCH3 is 1. The van der Waals surface area contributed by atoms with Crippen molar-refractivity contribution in [2.24, 2.45) is 4.99 Å². The number of rotatable bonds is 5. The zero-order valence-electron chi connectivity index (χ0n) is 9.38. The van der Waals surface area contributed by atoms with Crippen LogP contribution in [0.3, 0.4) is 0 Å². The highest BCUT2D eigenvalue weighted by Crippen LogP contribution is 2.18. The molecule has 5 nitrogen and oxygen atoms in total. The zero-order chi connectivity index (χ0) is 11.1. The van der Waals surface area contributed by atoms with Crippen molar-refractivity contribution in [1.29, 1.82) is 0 Å². The Kier molecular flexibility index (Phi) is 4.93. The number of guanidine groups is 1. The third kappa shape index (κ3) is 5.24. The average molecular weight is 213 g/mol. The predicted octanol–water partition coefficient (Wildman–Crippen LogP) is 0.267. The molecule has 0 aromatic carbocycles. The maximum atomic E-state index is 10.9. The van der Waals surface area contributed by atoms with E-state index in [0.29, 0.717) is 19.0 Å². The Morgan fingerprint density at radius 1 is 1.53 bits per heavy atom. The maximum Gasteiger partial charge on any atom is 0.307 e. The van der Waals surface area contributed by atoms with Crippen molar-refractivity contribution in [3.8, 4) is 0 Å². The molecule has 1 fully saturated rings. The molecule has 0 atom stereocenters. The zero-order valence-corrected chi connectivity index (χ0v) is 9.38. The van der Waals surface area contributed by atoms with Crippen LogP contribution in [0, 0.1) is 0 Å². The van der Waals surface area contributed by atoms with Crippen LogP contribution >= 0.6 is 0 Å². The highest BCUT2D eigenvalue weighted by molar-refractivity contribution is 5.80. The SMILES string of the molecule is CCNC(=NCCC(=O)OC)NC1CC1. The van der Waals surface area contributed by atoms with Gasteiger partial charge in [0.2, 0.25) is 0 Å². The third-order valence-corrected chi connectivity index (χ3v) is 2.08. The quantitative estimate of drug-likeness (QED) is 0.391. The van der Waals surface area contributed by atoms with Gasteiger partial charge in [-0.15, -0.1) is 0 Å². The lowest BCUT2D eigenvalue weighted by molar-refractivity contribution is -0.140. The number of hydrogen-bond donors (Lipinski definition) is 2. The summed E-state index contributed by atoms with van der Waals surface area (Å²) in [5.41, 5.74) is 0. The molecule has 5 heteroatoms. The van der Waals surface area contributed by atoms with Gasteiger partial charge in [-0.05, 0) is 19.8 Å². The minimum Gasteiger partial charge on any atom is -0.469 e. The highest BCUT2D eigenvalue weighted by atomic mass is 16.5. The number of aliphatic imine (C=N–C) groups is 1. The summed E-state index contributed by atoms with van der Waals surface area (Å²) in [6.07, 6.45) is 2.75. The smallest absolute Gasteiger partial charge is 0.307 e. The normalized spacial score (nSPS) is 16.0. The molecular formula is C10H19N3O2. The van der Waals surface area contributed by atoms with E-state index in [0.717, 1.165) is 12.5 Å². The number of carbonyl (C=O) groups excluding carboxylic acids is 1. The summed E-state index contributed by atoms with van der Waals surface area (Å²) in [5.74, 6) is 0.574. The summed E-state index contributed by atoms with van der Waals surface area (Å²) in [4.78, 5) is 15.1. The van der Waals surface area contributed by atoms with Crippen molar-refractivity contribution in [3.63, 3.8) is 0 Å². The minimum absolute atomic E-state index is 0.221. The summed E-state index contributed by atoms with van der Waals surface area (Å²) in [6.45, 7) is 3.32. The number of nitrogens with zero attached hydrogens (tertiary/aromatic N) is 1. The molecule has 0 heterocycles. The van der Waals surface area contributed by atoms with Crippen LogP contribution in [0.15, 0.2) is 4.99 Å². The van der Waals surface area contributed by atoms with E-state index < -0.39 is 0 Å². The van der Waals surface area contributed by atoms with Gasteiger partial charge in [-0.25, -0.2) is 0 Å². The standard InChI is InChI=1S/C10H19N3O2/c1-3-11-10(13-8-4-5-8)12-7-6-9(14)15-2/h8H,3-7H2,1-2H3,(H2,11,12,13). The van der Waals surface area contributed by atoms with E-state index in [4.69, 9.17) is 0 Å². The Bertz CT molecular complexity index is 237. The van der Waals surface area contributed by atoms with Crippen molar-refractivity contribution < 1.29 is 9.53 Å². The molecule has 0 unspecified atom stereocenters. The number of nitrogens with one attached hydrogen (secondary N) is 2. The Morgan fingerprint density at radius 2 is 2.27 bits per heavy atom. The van der Waals surface area contributed by atoms with E-state index >= 15 is 0 Å². The minimum atomic E-state index is -0.221. The van der Waals surface area contributed by atoms with Crippen molar-refractivity contribution in [2.75, 3.05) is 20.2 Å². The van der Waals surface area contributed by atoms with Crippen LogP contribution < -0.4 is 10.6 Å². The molecule has 0 aromatic rings. The average Bonchev–Trinajstić information content (AvgIpc) is 3.01. The van der Waals surface area contributed by atoms with E-state index in [1.165, 1.54) is 20.0 Å². The van der Waals surface area contributed by atoms with Gasteiger partial charge in [0.25, 0.3) is 0 Å². The van der Waals surface area contributed by atoms with Crippen LogP contribution in [0.5, 0.6) is 0 Å². The number of esters is 1. The first-order valence-electron chi connectivity index (χ1n) is 5.38.